The Bertz CT molecular complexity index is 520. The number of carbonyl (C=O) groups excluding carboxylic acids is 1. The molecule has 1 aliphatic heterocycles. The van der Waals surface area contributed by atoms with Crippen LogP contribution in [0.4, 0.5) is 0 Å². The van der Waals surface area contributed by atoms with Gasteiger partial charge in [-0.2, -0.15) is 0 Å². The number of rotatable bonds is 2. The standard InChI is InChI=1S/C16H20BrNO3/c17-12-4-2-1-3-5-13(12)18-16(19)11-6-7-14-15(10-11)21-9-8-20-14/h6-7,10,12-13H,1-5,8-9H2,(H,18,19). The Labute approximate surface area is 133 Å². The smallest absolute Gasteiger partial charge is 0.251 e. The van der Waals surface area contributed by atoms with Gasteiger partial charge < -0.3 is 14.8 Å². The predicted octanol–water partition coefficient (Wildman–Crippen LogP) is 3.28. The molecule has 1 aromatic rings. The summed E-state index contributed by atoms with van der Waals surface area (Å²) in [5.41, 5.74) is 0.628. The molecule has 1 fully saturated rings. The fraction of sp³-hybridized carbons (Fsp3) is 0.562. The van der Waals surface area contributed by atoms with Crippen LogP contribution in [0.5, 0.6) is 11.5 Å². The molecule has 1 aliphatic carbocycles. The molecule has 1 amide bonds. The maximum absolute atomic E-state index is 12.4. The Morgan fingerprint density at radius 3 is 2.71 bits per heavy atom. The molecule has 0 bridgehead atoms. The average Bonchev–Trinajstić information content (AvgIpc) is 2.72. The molecule has 0 spiro atoms. The summed E-state index contributed by atoms with van der Waals surface area (Å²) in [6, 6.07) is 5.57. The average molecular weight is 354 g/mol. The van der Waals surface area contributed by atoms with E-state index in [2.05, 4.69) is 21.2 Å². The number of carbonyl (C=O) groups is 1. The second-order valence-electron chi connectivity index (χ2n) is 5.59. The second-order valence-corrected chi connectivity index (χ2v) is 6.77. The summed E-state index contributed by atoms with van der Waals surface area (Å²) >= 11 is 3.71. The normalized spacial score (nSPS) is 25.0. The van der Waals surface area contributed by atoms with Crippen LogP contribution in [0.25, 0.3) is 0 Å². The van der Waals surface area contributed by atoms with E-state index in [9.17, 15) is 4.79 Å². The highest BCUT2D eigenvalue weighted by Gasteiger charge is 2.24. The lowest BCUT2D eigenvalue weighted by Gasteiger charge is -2.22. The molecule has 0 aromatic heterocycles. The van der Waals surface area contributed by atoms with Crippen molar-refractivity contribution in [1.82, 2.24) is 5.32 Å². The van der Waals surface area contributed by atoms with Crippen LogP contribution in [-0.4, -0.2) is 30.0 Å². The van der Waals surface area contributed by atoms with Gasteiger partial charge in [-0.1, -0.05) is 35.2 Å². The summed E-state index contributed by atoms with van der Waals surface area (Å²) in [6.45, 7) is 1.09. The van der Waals surface area contributed by atoms with Crippen LogP contribution < -0.4 is 14.8 Å². The Morgan fingerprint density at radius 2 is 1.86 bits per heavy atom. The molecular weight excluding hydrogens is 334 g/mol. The van der Waals surface area contributed by atoms with E-state index in [4.69, 9.17) is 9.47 Å². The first-order valence-electron chi connectivity index (χ1n) is 7.58. The third-order valence-corrected chi connectivity index (χ3v) is 5.15. The van der Waals surface area contributed by atoms with Crippen molar-refractivity contribution in [1.29, 1.82) is 0 Å². The summed E-state index contributed by atoms with van der Waals surface area (Å²) in [7, 11) is 0. The summed E-state index contributed by atoms with van der Waals surface area (Å²) in [4.78, 5) is 12.8. The Morgan fingerprint density at radius 1 is 1.10 bits per heavy atom. The minimum atomic E-state index is -0.0386. The van der Waals surface area contributed by atoms with Gasteiger partial charge >= 0.3 is 0 Å². The molecule has 2 atom stereocenters. The molecule has 1 aromatic carbocycles. The highest BCUT2D eigenvalue weighted by Crippen LogP contribution is 2.31. The third-order valence-electron chi connectivity index (χ3n) is 4.05. The van der Waals surface area contributed by atoms with Crippen LogP contribution in [0.3, 0.4) is 0 Å². The van der Waals surface area contributed by atoms with Crippen molar-refractivity contribution in [3.8, 4) is 11.5 Å². The van der Waals surface area contributed by atoms with Crippen molar-refractivity contribution in [3.05, 3.63) is 23.8 Å². The molecule has 1 N–H and O–H groups in total. The molecule has 114 valence electrons. The zero-order valence-electron chi connectivity index (χ0n) is 11.9. The van der Waals surface area contributed by atoms with E-state index in [1.807, 2.05) is 6.07 Å². The van der Waals surface area contributed by atoms with Gasteiger partial charge in [-0.05, 0) is 31.0 Å². The Balaban J connectivity index is 1.69. The molecule has 2 aliphatic rings. The molecule has 4 nitrogen and oxygen atoms in total. The Kier molecular flexibility index (Phi) is 4.68. The number of hydrogen-bond acceptors (Lipinski definition) is 3. The lowest BCUT2D eigenvalue weighted by Crippen LogP contribution is -2.40. The third kappa shape index (κ3) is 3.51. The Hall–Kier alpha value is -1.23. The number of amides is 1. The van der Waals surface area contributed by atoms with Gasteiger partial charge in [0.2, 0.25) is 0 Å². The molecule has 2 unspecified atom stereocenters. The van der Waals surface area contributed by atoms with Crippen molar-refractivity contribution in [2.24, 2.45) is 0 Å². The minimum Gasteiger partial charge on any atom is -0.486 e. The number of fused-ring (bicyclic) bond motifs is 1. The molecule has 1 heterocycles. The predicted molar refractivity (Wildman–Crippen MR) is 84.5 cm³/mol. The molecule has 3 rings (SSSR count). The minimum absolute atomic E-state index is 0.0386. The van der Waals surface area contributed by atoms with Crippen LogP contribution in [-0.2, 0) is 0 Å². The van der Waals surface area contributed by atoms with Gasteiger partial charge in [0, 0.05) is 16.4 Å². The summed E-state index contributed by atoms with van der Waals surface area (Å²) < 4.78 is 11.0. The van der Waals surface area contributed by atoms with Crippen molar-refractivity contribution >= 4 is 21.8 Å². The zero-order valence-corrected chi connectivity index (χ0v) is 13.5. The largest absolute Gasteiger partial charge is 0.486 e. The maximum atomic E-state index is 12.4. The van der Waals surface area contributed by atoms with Crippen LogP contribution in [0.2, 0.25) is 0 Å². The number of halogens is 1. The van der Waals surface area contributed by atoms with E-state index in [1.54, 1.807) is 12.1 Å². The highest BCUT2D eigenvalue weighted by atomic mass is 79.9. The quantitative estimate of drug-likeness (QED) is 0.655. The maximum Gasteiger partial charge on any atom is 0.251 e. The number of nitrogens with one attached hydrogen (secondary N) is 1. The van der Waals surface area contributed by atoms with Gasteiger partial charge in [-0.25, -0.2) is 0 Å². The number of alkyl halides is 1. The van der Waals surface area contributed by atoms with Crippen molar-refractivity contribution in [2.45, 2.75) is 43.0 Å². The van der Waals surface area contributed by atoms with E-state index in [0.717, 1.165) is 12.8 Å². The summed E-state index contributed by atoms with van der Waals surface area (Å²) in [5.74, 6) is 1.33. The molecule has 0 radical (unpaired) electrons. The van der Waals surface area contributed by atoms with Gasteiger partial charge in [-0.15, -0.1) is 0 Å². The van der Waals surface area contributed by atoms with Crippen molar-refractivity contribution in [3.63, 3.8) is 0 Å². The zero-order chi connectivity index (χ0) is 14.7. The molecule has 0 saturated heterocycles. The topological polar surface area (TPSA) is 47.6 Å². The van der Waals surface area contributed by atoms with Crippen LogP contribution in [0, 0.1) is 0 Å². The first kappa shape index (κ1) is 14.7. The number of hydrogen-bond donors (Lipinski definition) is 1. The molecular formula is C16H20BrNO3. The van der Waals surface area contributed by atoms with E-state index in [0.29, 0.717) is 35.1 Å². The lowest BCUT2D eigenvalue weighted by molar-refractivity contribution is 0.0933. The van der Waals surface area contributed by atoms with E-state index in [1.165, 1.54) is 19.3 Å². The van der Waals surface area contributed by atoms with Gasteiger partial charge in [0.1, 0.15) is 13.2 Å². The van der Waals surface area contributed by atoms with Gasteiger partial charge in [0.25, 0.3) is 5.91 Å². The first-order chi connectivity index (χ1) is 10.2. The fourth-order valence-electron chi connectivity index (χ4n) is 2.86. The van der Waals surface area contributed by atoms with Crippen LogP contribution in [0.1, 0.15) is 42.5 Å². The number of benzene rings is 1. The van der Waals surface area contributed by atoms with Crippen LogP contribution in [0.15, 0.2) is 18.2 Å². The lowest BCUT2D eigenvalue weighted by atomic mass is 10.1. The SMILES string of the molecule is O=C(NC1CCCCCC1Br)c1ccc2c(c1)OCCO2. The second kappa shape index (κ2) is 6.69. The van der Waals surface area contributed by atoms with Crippen LogP contribution >= 0.6 is 15.9 Å². The van der Waals surface area contributed by atoms with Gasteiger partial charge in [0.15, 0.2) is 11.5 Å². The van der Waals surface area contributed by atoms with Gasteiger partial charge in [0.05, 0.1) is 0 Å². The van der Waals surface area contributed by atoms with Crippen molar-refractivity contribution < 1.29 is 14.3 Å². The molecule has 21 heavy (non-hydrogen) atoms. The monoisotopic (exact) mass is 353 g/mol. The summed E-state index contributed by atoms with van der Waals surface area (Å²) in [5, 5.41) is 3.15. The number of ether oxygens (including phenoxy) is 2. The summed E-state index contributed by atoms with van der Waals surface area (Å²) in [6.07, 6.45) is 5.80. The van der Waals surface area contributed by atoms with E-state index in [-0.39, 0.29) is 11.9 Å². The molecule has 5 heteroatoms. The van der Waals surface area contributed by atoms with Crippen molar-refractivity contribution in [2.75, 3.05) is 13.2 Å². The fourth-order valence-corrected chi connectivity index (χ4v) is 3.58. The highest BCUT2D eigenvalue weighted by molar-refractivity contribution is 9.09. The van der Waals surface area contributed by atoms with E-state index >= 15 is 0 Å². The molecule has 1 saturated carbocycles. The van der Waals surface area contributed by atoms with Gasteiger partial charge in [-0.3, -0.25) is 4.79 Å². The first-order valence-corrected chi connectivity index (χ1v) is 8.50. The van der Waals surface area contributed by atoms with E-state index < -0.39 is 0 Å².